The number of pyridine rings is 2. The van der Waals surface area contributed by atoms with Gasteiger partial charge in [-0.2, -0.15) is 0 Å². The van der Waals surface area contributed by atoms with Crippen molar-refractivity contribution in [2.24, 2.45) is 5.16 Å². The smallest absolute Gasteiger partial charge is 0.410 e. The Labute approximate surface area is 174 Å². The van der Waals surface area contributed by atoms with Crippen LogP contribution in [0.3, 0.4) is 0 Å². The van der Waals surface area contributed by atoms with E-state index < -0.39 is 0 Å². The zero-order chi connectivity index (χ0) is 18.5. The number of nitrogens with zero attached hydrogens (tertiary/aromatic N) is 3. The Morgan fingerprint density at radius 2 is 1.04 bits per heavy atom. The summed E-state index contributed by atoms with van der Waals surface area (Å²) in [6.07, 6.45) is 3.39. The van der Waals surface area contributed by atoms with Gasteiger partial charge >= 0.3 is 17.1 Å². The molecule has 0 saturated heterocycles. The predicted octanol–water partition coefficient (Wildman–Crippen LogP) is 5.03. The molecule has 28 heavy (non-hydrogen) atoms. The summed E-state index contributed by atoms with van der Waals surface area (Å²) in [4.78, 5) is 9.01. The van der Waals surface area contributed by atoms with Gasteiger partial charge < -0.3 is 5.21 Å². The van der Waals surface area contributed by atoms with E-state index >= 15 is 0 Å². The fourth-order valence-corrected chi connectivity index (χ4v) is 3.10. The minimum absolute atomic E-state index is 0. The van der Waals surface area contributed by atoms with Crippen molar-refractivity contribution in [2.75, 3.05) is 0 Å². The van der Waals surface area contributed by atoms with Gasteiger partial charge in [-0.3, -0.25) is 9.97 Å². The van der Waals surface area contributed by atoms with Crippen LogP contribution in [0.5, 0.6) is 0 Å². The minimum Gasteiger partial charge on any atom is -0.410 e. The molecule has 1 N–H and O–H groups in total. The van der Waals surface area contributed by atoms with Crippen LogP contribution in [0.15, 0.2) is 102 Å². The van der Waals surface area contributed by atoms with Crippen LogP contribution in [0.2, 0.25) is 0 Å². The van der Waals surface area contributed by atoms with Gasteiger partial charge in [-0.05, 0) is 23.3 Å². The maximum absolute atomic E-state index is 9.88. The minimum atomic E-state index is 0. The van der Waals surface area contributed by atoms with Crippen molar-refractivity contribution in [3.05, 3.63) is 109 Å². The summed E-state index contributed by atoms with van der Waals surface area (Å²) in [6, 6.07) is 27.5. The summed E-state index contributed by atoms with van der Waals surface area (Å²) >= 11 is 0. The van der Waals surface area contributed by atoms with Crippen LogP contribution in [0.25, 0.3) is 22.3 Å². The van der Waals surface area contributed by atoms with Crippen LogP contribution < -0.4 is 0 Å². The molecule has 0 saturated carbocycles. The molecule has 0 aliphatic rings. The van der Waals surface area contributed by atoms with Gasteiger partial charge in [-0.15, -0.1) is 0 Å². The van der Waals surface area contributed by atoms with E-state index in [0.717, 1.165) is 22.3 Å². The van der Waals surface area contributed by atoms with Crippen molar-refractivity contribution < 1.29 is 22.3 Å². The quantitative estimate of drug-likeness (QED) is 0.223. The van der Waals surface area contributed by atoms with E-state index in [4.69, 9.17) is 0 Å². The number of benzene rings is 2. The van der Waals surface area contributed by atoms with Gasteiger partial charge in [0.1, 0.15) is 11.4 Å². The summed E-state index contributed by atoms with van der Waals surface area (Å²) in [6.45, 7) is 0. The Hall–Kier alpha value is -3.27. The average molecular weight is 407 g/mol. The topological polar surface area (TPSA) is 58.4 Å². The van der Waals surface area contributed by atoms with E-state index in [2.05, 4.69) is 15.1 Å². The molecule has 0 fully saturated rings. The first-order chi connectivity index (χ1) is 13.4. The third-order valence-electron chi connectivity index (χ3n) is 4.33. The molecule has 0 bridgehead atoms. The second-order valence-corrected chi connectivity index (χ2v) is 5.98. The van der Waals surface area contributed by atoms with Gasteiger partial charge in [-0.1, -0.05) is 78.0 Å². The predicted molar refractivity (Wildman–Crippen MR) is 107 cm³/mol. The van der Waals surface area contributed by atoms with E-state index in [1.807, 2.05) is 84.9 Å². The van der Waals surface area contributed by atoms with Crippen LogP contribution in [0, 0.1) is 0 Å². The van der Waals surface area contributed by atoms with Crippen molar-refractivity contribution in [3.63, 3.8) is 0 Å². The van der Waals surface area contributed by atoms with Crippen molar-refractivity contribution in [2.45, 2.75) is 0 Å². The van der Waals surface area contributed by atoms with Crippen LogP contribution >= 0.6 is 0 Å². The number of hydrogen-bond donors (Lipinski definition) is 1. The van der Waals surface area contributed by atoms with Gasteiger partial charge in [0.15, 0.2) is 5.71 Å². The zero-order valence-corrected chi connectivity index (χ0v) is 16.0. The first-order valence-electron chi connectivity index (χ1n) is 8.62. The normalized spacial score (nSPS) is 10.0. The van der Waals surface area contributed by atoms with E-state index in [9.17, 15) is 5.21 Å². The third kappa shape index (κ3) is 3.86. The molecule has 4 nitrogen and oxygen atoms in total. The molecule has 0 atom stereocenters. The number of rotatable bonds is 4. The van der Waals surface area contributed by atoms with Crippen molar-refractivity contribution >= 4 is 5.71 Å². The number of oxime groups is 1. The molecular weight excluding hydrogens is 390 g/mol. The molecule has 0 aliphatic carbocycles. The van der Waals surface area contributed by atoms with Gasteiger partial charge in [-0.25, -0.2) is 0 Å². The Bertz CT molecular complexity index is 998. The standard InChI is InChI=1S/C23H17N3O.Fe/c27-26-23(21-19(13-7-15-24-21)17-9-3-1-4-10-17)22-20(14-8-16-25-22)18-11-5-2-6-12-18;/h1-16,27H;/q;+2. The van der Waals surface area contributed by atoms with E-state index in [0.29, 0.717) is 17.1 Å². The van der Waals surface area contributed by atoms with Crippen molar-refractivity contribution in [1.29, 1.82) is 0 Å². The van der Waals surface area contributed by atoms with Gasteiger partial charge in [0, 0.05) is 23.5 Å². The summed E-state index contributed by atoms with van der Waals surface area (Å²) < 4.78 is 0. The Balaban J connectivity index is 0.00000225. The molecule has 2 aromatic carbocycles. The first kappa shape index (κ1) is 19.5. The summed E-state index contributed by atoms with van der Waals surface area (Å²) in [7, 11) is 0. The molecule has 0 radical (unpaired) electrons. The van der Waals surface area contributed by atoms with Crippen LogP contribution in [0.4, 0.5) is 0 Å². The Kier molecular flexibility index (Phi) is 6.33. The monoisotopic (exact) mass is 407 g/mol. The van der Waals surface area contributed by atoms with E-state index in [1.165, 1.54) is 0 Å². The molecule has 0 amide bonds. The molecule has 136 valence electrons. The maximum atomic E-state index is 9.88. The first-order valence-corrected chi connectivity index (χ1v) is 8.62. The number of hydrogen-bond acceptors (Lipinski definition) is 4. The summed E-state index contributed by atoms with van der Waals surface area (Å²) in [5, 5.41) is 13.5. The van der Waals surface area contributed by atoms with Crippen molar-refractivity contribution in [1.82, 2.24) is 9.97 Å². The Morgan fingerprint density at radius 3 is 1.43 bits per heavy atom. The van der Waals surface area contributed by atoms with Crippen LogP contribution in [0.1, 0.15) is 11.4 Å². The Morgan fingerprint density at radius 1 is 0.607 bits per heavy atom. The fraction of sp³-hybridized carbons (Fsp3) is 0. The van der Waals surface area contributed by atoms with Crippen molar-refractivity contribution in [3.8, 4) is 22.3 Å². The van der Waals surface area contributed by atoms with E-state index in [-0.39, 0.29) is 17.1 Å². The number of aromatic nitrogens is 2. The fourth-order valence-electron chi connectivity index (χ4n) is 3.10. The molecule has 2 aromatic heterocycles. The van der Waals surface area contributed by atoms with Crippen LogP contribution in [-0.4, -0.2) is 20.9 Å². The molecule has 4 rings (SSSR count). The second kappa shape index (κ2) is 9.09. The van der Waals surface area contributed by atoms with E-state index in [1.54, 1.807) is 12.4 Å². The molecule has 5 heteroatoms. The summed E-state index contributed by atoms with van der Waals surface area (Å²) in [5.74, 6) is 0. The molecular formula is C23H17FeN3O+2. The average Bonchev–Trinajstić information content (AvgIpc) is 2.76. The second-order valence-electron chi connectivity index (χ2n) is 5.98. The maximum Gasteiger partial charge on any atom is 2.00 e. The molecule has 0 aliphatic heterocycles. The zero-order valence-electron chi connectivity index (χ0n) is 14.9. The largest absolute Gasteiger partial charge is 2.00 e. The molecule has 0 unspecified atom stereocenters. The molecule has 4 aromatic rings. The molecule has 0 spiro atoms. The third-order valence-corrected chi connectivity index (χ3v) is 4.33. The van der Waals surface area contributed by atoms with Gasteiger partial charge in [0.25, 0.3) is 0 Å². The van der Waals surface area contributed by atoms with Crippen LogP contribution in [-0.2, 0) is 17.1 Å². The molecule has 2 heterocycles. The van der Waals surface area contributed by atoms with Gasteiger partial charge in [0.05, 0.1) is 0 Å². The van der Waals surface area contributed by atoms with Gasteiger partial charge in [0.2, 0.25) is 0 Å². The summed E-state index contributed by atoms with van der Waals surface area (Å²) in [5.41, 5.74) is 5.28. The SMILES string of the molecule is ON=C(c1ncccc1-c1ccccc1)c1ncccc1-c1ccccc1.[Fe+2].